The summed E-state index contributed by atoms with van der Waals surface area (Å²) in [5.41, 5.74) is 1.71. The highest BCUT2D eigenvalue weighted by Gasteiger charge is 2.16. The SMILES string of the molecule is CC(NC(C)c1ccc2ccccc2c1)C(=O)Nc1ccc(F)cc1. The van der Waals surface area contributed by atoms with E-state index in [2.05, 4.69) is 41.0 Å². The van der Waals surface area contributed by atoms with Crippen LogP contribution in [0.25, 0.3) is 10.8 Å². The first-order chi connectivity index (χ1) is 12.0. The first kappa shape index (κ1) is 17.1. The lowest BCUT2D eigenvalue weighted by Gasteiger charge is -2.20. The molecule has 0 heterocycles. The van der Waals surface area contributed by atoms with Crippen molar-refractivity contribution >= 4 is 22.4 Å². The Hall–Kier alpha value is -2.72. The van der Waals surface area contributed by atoms with Gasteiger partial charge in [-0.3, -0.25) is 10.1 Å². The Kier molecular flexibility index (Phi) is 5.10. The van der Waals surface area contributed by atoms with Crippen molar-refractivity contribution in [2.45, 2.75) is 25.9 Å². The molecule has 0 saturated heterocycles. The van der Waals surface area contributed by atoms with Crippen molar-refractivity contribution in [1.82, 2.24) is 5.32 Å². The number of benzene rings is 3. The largest absolute Gasteiger partial charge is 0.325 e. The van der Waals surface area contributed by atoms with Gasteiger partial charge in [-0.15, -0.1) is 0 Å². The van der Waals surface area contributed by atoms with Gasteiger partial charge >= 0.3 is 0 Å². The molecule has 0 aromatic heterocycles. The molecule has 0 saturated carbocycles. The van der Waals surface area contributed by atoms with Gasteiger partial charge in [-0.25, -0.2) is 4.39 Å². The maximum absolute atomic E-state index is 12.9. The Labute approximate surface area is 146 Å². The topological polar surface area (TPSA) is 41.1 Å². The number of nitrogens with one attached hydrogen (secondary N) is 2. The molecule has 1 amide bonds. The summed E-state index contributed by atoms with van der Waals surface area (Å²) < 4.78 is 12.9. The number of anilines is 1. The van der Waals surface area contributed by atoms with Crippen molar-refractivity contribution < 1.29 is 9.18 Å². The third-order valence-corrected chi connectivity index (χ3v) is 4.28. The van der Waals surface area contributed by atoms with Crippen molar-refractivity contribution in [3.63, 3.8) is 0 Å². The van der Waals surface area contributed by atoms with Crippen LogP contribution in [0, 0.1) is 5.82 Å². The lowest BCUT2D eigenvalue weighted by atomic mass is 10.0. The molecular formula is C21H21FN2O. The number of carbonyl (C=O) groups is 1. The van der Waals surface area contributed by atoms with Crippen molar-refractivity contribution in [1.29, 1.82) is 0 Å². The fourth-order valence-electron chi connectivity index (χ4n) is 2.81. The minimum absolute atomic E-state index is 0.0265. The fourth-order valence-corrected chi connectivity index (χ4v) is 2.81. The summed E-state index contributed by atoms with van der Waals surface area (Å²) in [6.45, 7) is 3.85. The average Bonchev–Trinajstić information content (AvgIpc) is 2.63. The van der Waals surface area contributed by atoms with Crippen LogP contribution in [0.4, 0.5) is 10.1 Å². The number of rotatable bonds is 5. The minimum atomic E-state index is -0.383. The van der Waals surface area contributed by atoms with E-state index in [-0.39, 0.29) is 23.8 Å². The van der Waals surface area contributed by atoms with Crippen LogP contribution >= 0.6 is 0 Å². The first-order valence-electron chi connectivity index (χ1n) is 8.34. The van der Waals surface area contributed by atoms with Gasteiger partial charge in [0.15, 0.2) is 0 Å². The van der Waals surface area contributed by atoms with Gasteiger partial charge in [-0.1, -0.05) is 36.4 Å². The highest BCUT2D eigenvalue weighted by molar-refractivity contribution is 5.94. The van der Waals surface area contributed by atoms with Gasteiger partial charge in [0.25, 0.3) is 0 Å². The molecular weight excluding hydrogens is 315 g/mol. The van der Waals surface area contributed by atoms with Crippen LogP contribution in [-0.4, -0.2) is 11.9 Å². The normalized spacial score (nSPS) is 13.4. The predicted octanol–water partition coefficient (Wildman–Crippen LogP) is 4.66. The summed E-state index contributed by atoms with van der Waals surface area (Å²) in [6.07, 6.45) is 0. The Morgan fingerprint density at radius 1 is 0.920 bits per heavy atom. The van der Waals surface area contributed by atoms with Gasteiger partial charge in [0.2, 0.25) is 5.91 Å². The van der Waals surface area contributed by atoms with Crippen LogP contribution in [0.15, 0.2) is 66.7 Å². The van der Waals surface area contributed by atoms with Crippen LogP contribution in [-0.2, 0) is 4.79 Å². The maximum Gasteiger partial charge on any atom is 0.241 e. The highest BCUT2D eigenvalue weighted by Crippen LogP contribution is 2.20. The molecule has 2 N–H and O–H groups in total. The molecule has 0 aliphatic heterocycles. The molecule has 3 aromatic carbocycles. The zero-order chi connectivity index (χ0) is 17.8. The van der Waals surface area contributed by atoms with Crippen molar-refractivity contribution in [2.75, 3.05) is 5.32 Å². The quantitative estimate of drug-likeness (QED) is 0.712. The Balaban J connectivity index is 1.65. The molecule has 3 rings (SSSR count). The molecule has 2 atom stereocenters. The van der Waals surface area contributed by atoms with Crippen molar-refractivity contribution in [3.8, 4) is 0 Å². The van der Waals surface area contributed by atoms with E-state index in [0.29, 0.717) is 5.69 Å². The number of carbonyl (C=O) groups excluding carboxylic acids is 1. The summed E-state index contributed by atoms with van der Waals surface area (Å²) >= 11 is 0. The Morgan fingerprint density at radius 2 is 1.60 bits per heavy atom. The van der Waals surface area contributed by atoms with Gasteiger partial charge < -0.3 is 5.32 Å². The number of hydrogen-bond acceptors (Lipinski definition) is 2. The predicted molar refractivity (Wildman–Crippen MR) is 100.0 cm³/mol. The van der Waals surface area contributed by atoms with Crippen molar-refractivity contribution in [2.24, 2.45) is 0 Å². The van der Waals surface area contributed by atoms with Gasteiger partial charge in [0, 0.05) is 11.7 Å². The zero-order valence-electron chi connectivity index (χ0n) is 14.3. The van der Waals surface area contributed by atoms with Gasteiger partial charge in [-0.05, 0) is 60.5 Å². The molecule has 3 aromatic rings. The molecule has 0 aliphatic rings. The molecule has 0 fully saturated rings. The van der Waals surface area contributed by atoms with Gasteiger partial charge in [0.05, 0.1) is 6.04 Å². The molecule has 4 heteroatoms. The van der Waals surface area contributed by atoms with E-state index < -0.39 is 0 Å². The molecule has 0 spiro atoms. The third-order valence-electron chi connectivity index (χ3n) is 4.28. The first-order valence-corrected chi connectivity index (χ1v) is 8.34. The highest BCUT2D eigenvalue weighted by atomic mass is 19.1. The number of fused-ring (bicyclic) bond motifs is 1. The lowest BCUT2D eigenvalue weighted by molar-refractivity contribution is -0.117. The fraction of sp³-hybridized carbons (Fsp3) is 0.190. The number of hydrogen-bond donors (Lipinski definition) is 2. The van der Waals surface area contributed by atoms with Crippen LogP contribution in [0.5, 0.6) is 0 Å². The van der Waals surface area contributed by atoms with E-state index in [9.17, 15) is 9.18 Å². The second-order valence-corrected chi connectivity index (χ2v) is 6.21. The van der Waals surface area contributed by atoms with E-state index >= 15 is 0 Å². The second-order valence-electron chi connectivity index (χ2n) is 6.21. The van der Waals surface area contributed by atoms with E-state index in [1.165, 1.54) is 22.9 Å². The molecule has 3 nitrogen and oxygen atoms in total. The van der Waals surface area contributed by atoms with Crippen LogP contribution in [0.1, 0.15) is 25.5 Å². The van der Waals surface area contributed by atoms with Crippen LogP contribution in [0.2, 0.25) is 0 Å². The van der Waals surface area contributed by atoms with Gasteiger partial charge in [-0.2, -0.15) is 0 Å². The summed E-state index contributed by atoms with van der Waals surface area (Å²) in [7, 11) is 0. The second kappa shape index (κ2) is 7.45. The molecule has 2 unspecified atom stereocenters. The Bertz CT molecular complexity index is 876. The van der Waals surface area contributed by atoms with E-state index in [1.807, 2.05) is 26.0 Å². The molecule has 128 valence electrons. The number of amides is 1. The van der Waals surface area contributed by atoms with E-state index in [4.69, 9.17) is 0 Å². The molecule has 0 radical (unpaired) electrons. The molecule has 0 bridgehead atoms. The summed E-state index contributed by atoms with van der Waals surface area (Å²) in [5.74, 6) is -0.478. The smallest absolute Gasteiger partial charge is 0.241 e. The molecule has 25 heavy (non-hydrogen) atoms. The van der Waals surface area contributed by atoms with Crippen molar-refractivity contribution in [3.05, 3.63) is 78.1 Å². The zero-order valence-corrected chi connectivity index (χ0v) is 14.3. The summed E-state index contributed by atoms with van der Waals surface area (Å²) in [6, 6.07) is 19.9. The minimum Gasteiger partial charge on any atom is -0.325 e. The standard InChI is InChI=1S/C21H21FN2O/c1-14(17-8-7-16-5-3-4-6-18(16)13-17)23-15(2)21(25)24-20-11-9-19(22)10-12-20/h3-15,23H,1-2H3,(H,24,25). The maximum atomic E-state index is 12.9. The lowest BCUT2D eigenvalue weighted by Crippen LogP contribution is -2.39. The van der Waals surface area contributed by atoms with E-state index in [0.717, 1.165) is 5.56 Å². The summed E-state index contributed by atoms with van der Waals surface area (Å²) in [4.78, 5) is 12.3. The van der Waals surface area contributed by atoms with Crippen LogP contribution in [0.3, 0.4) is 0 Å². The third kappa shape index (κ3) is 4.22. The van der Waals surface area contributed by atoms with Crippen LogP contribution < -0.4 is 10.6 Å². The number of halogens is 1. The van der Waals surface area contributed by atoms with Gasteiger partial charge in [0.1, 0.15) is 5.82 Å². The Morgan fingerprint density at radius 3 is 2.32 bits per heavy atom. The summed E-state index contributed by atoms with van der Waals surface area (Å²) in [5, 5.41) is 8.47. The van der Waals surface area contributed by atoms with E-state index in [1.54, 1.807) is 12.1 Å². The molecule has 0 aliphatic carbocycles. The average molecular weight is 336 g/mol. The monoisotopic (exact) mass is 336 g/mol.